The summed E-state index contributed by atoms with van der Waals surface area (Å²) in [6.07, 6.45) is 3.27. The zero-order valence-corrected chi connectivity index (χ0v) is 13.1. The third kappa shape index (κ3) is 3.96. The Hall–Kier alpha value is -1.08. The molecule has 6 nitrogen and oxygen atoms in total. The lowest BCUT2D eigenvalue weighted by Gasteiger charge is -2.33. The average molecular weight is 301 g/mol. The molecule has 1 saturated heterocycles. The van der Waals surface area contributed by atoms with Crippen molar-refractivity contribution in [1.29, 1.82) is 0 Å². The molecule has 2 heterocycles. The van der Waals surface area contributed by atoms with Crippen molar-refractivity contribution in [1.82, 2.24) is 15.5 Å². The molecule has 0 radical (unpaired) electrons. The zero-order chi connectivity index (χ0) is 14.8. The predicted molar refractivity (Wildman–Crippen MR) is 78.7 cm³/mol. The fraction of sp³-hybridized carbons (Fsp3) is 0.769. The van der Waals surface area contributed by atoms with Crippen LogP contribution in [0.2, 0.25) is 0 Å². The number of rotatable bonds is 2. The lowest BCUT2D eigenvalue weighted by Crippen LogP contribution is -2.43. The molecule has 2 N–H and O–H groups in total. The largest absolute Gasteiger partial charge is 0.444 e. The third-order valence-corrected chi connectivity index (χ3v) is 3.59. The van der Waals surface area contributed by atoms with Crippen LogP contribution in [0.1, 0.15) is 33.6 Å². The van der Waals surface area contributed by atoms with Gasteiger partial charge in [0.15, 0.2) is 0 Å². The monoisotopic (exact) mass is 301 g/mol. The first-order valence-corrected chi connectivity index (χ1v) is 7.26. The fourth-order valence-corrected chi connectivity index (χ4v) is 2.51. The standard InChI is InChI=1S/C13H23N3O3S/c1-13(2,3)18-12(17)16-6-4-9(5-7-16)10-8-14-11(15-10)19-20/h8-9,11,14-15,20H,4-7H2,1-3H3. The number of hydrogen-bond acceptors (Lipinski definition) is 6. The summed E-state index contributed by atoms with van der Waals surface area (Å²) in [4.78, 5) is 13.7. The summed E-state index contributed by atoms with van der Waals surface area (Å²) in [5.41, 5.74) is 0.678. The number of hydrogen-bond donors (Lipinski definition) is 3. The van der Waals surface area contributed by atoms with Gasteiger partial charge in [-0.15, -0.1) is 0 Å². The number of ether oxygens (including phenoxy) is 1. The van der Waals surface area contributed by atoms with Crippen LogP contribution in [0.25, 0.3) is 0 Å². The van der Waals surface area contributed by atoms with E-state index >= 15 is 0 Å². The molecule has 1 amide bonds. The summed E-state index contributed by atoms with van der Waals surface area (Å²) in [6.45, 7) is 7.08. The summed E-state index contributed by atoms with van der Waals surface area (Å²) >= 11 is 3.77. The lowest BCUT2D eigenvalue weighted by atomic mass is 9.94. The van der Waals surface area contributed by atoms with Gasteiger partial charge in [0, 0.05) is 30.9 Å². The van der Waals surface area contributed by atoms with Crippen LogP contribution in [0.4, 0.5) is 4.79 Å². The predicted octanol–water partition coefficient (Wildman–Crippen LogP) is 1.81. The minimum absolute atomic E-state index is 0.223. The van der Waals surface area contributed by atoms with E-state index in [2.05, 4.69) is 23.5 Å². The Balaban J connectivity index is 1.80. The van der Waals surface area contributed by atoms with E-state index in [1.807, 2.05) is 27.0 Å². The van der Waals surface area contributed by atoms with E-state index in [-0.39, 0.29) is 12.4 Å². The zero-order valence-electron chi connectivity index (χ0n) is 12.2. The highest BCUT2D eigenvalue weighted by atomic mass is 32.1. The van der Waals surface area contributed by atoms with Crippen LogP contribution in [0.3, 0.4) is 0 Å². The van der Waals surface area contributed by atoms with Crippen LogP contribution >= 0.6 is 12.9 Å². The second-order valence-corrected chi connectivity index (χ2v) is 6.35. The molecule has 0 aromatic rings. The normalized spacial score (nSPS) is 23.9. The number of nitrogens with one attached hydrogen (secondary N) is 2. The van der Waals surface area contributed by atoms with Crippen molar-refractivity contribution in [3.8, 4) is 0 Å². The summed E-state index contributed by atoms with van der Waals surface area (Å²) in [5, 5.41) is 6.25. The first-order chi connectivity index (χ1) is 9.39. The van der Waals surface area contributed by atoms with Gasteiger partial charge in [-0.1, -0.05) is 0 Å². The maximum Gasteiger partial charge on any atom is 0.410 e. The molecule has 0 aliphatic carbocycles. The van der Waals surface area contributed by atoms with Crippen LogP contribution in [0.5, 0.6) is 0 Å². The van der Waals surface area contributed by atoms with Crippen LogP contribution in [-0.2, 0) is 8.92 Å². The van der Waals surface area contributed by atoms with Gasteiger partial charge in [0.05, 0.1) is 0 Å². The molecule has 0 spiro atoms. The van der Waals surface area contributed by atoms with Crippen LogP contribution < -0.4 is 10.6 Å². The van der Waals surface area contributed by atoms with Crippen molar-refractivity contribution >= 4 is 19.0 Å². The third-order valence-electron chi connectivity index (χ3n) is 3.38. The summed E-state index contributed by atoms with van der Waals surface area (Å²) < 4.78 is 10.3. The highest BCUT2D eigenvalue weighted by molar-refractivity contribution is 7.75. The Morgan fingerprint density at radius 1 is 1.40 bits per heavy atom. The number of piperidine rings is 1. The highest BCUT2D eigenvalue weighted by Gasteiger charge is 2.30. The summed E-state index contributed by atoms with van der Waals surface area (Å²) in [7, 11) is 0. The van der Waals surface area contributed by atoms with Crippen molar-refractivity contribution in [2.75, 3.05) is 13.1 Å². The molecular formula is C13H23N3O3S. The molecule has 0 saturated carbocycles. The second kappa shape index (κ2) is 6.13. The molecule has 2 aliphatic rings. The molecule has 0 bridgehead atoms. The first-order valence-electron chi connectivity index (χ1n) is 6.90. The van der Waals surface area contributed by atoms with Crippen LogP contribution in [0, 0.1) is 5.92 Å². The molecule has 2 rings (SSSR count). The fourth-order valence-electron chi connectivity index (χ4n) is 2.39. The molecule has 1 unspecified atom stereocenters. The number of allylic oxidation sites excluding steroid dienone is 1. The number of carbonyl (C=O) groups excluding carboxylic acids is 1. The van der Waals surface area contributed by atoms with Gasteiger partial charge in [-0.05, 0) is 46.5 Å². The second-order valence-electron chi connectivity index (χ2n) is 6.14. The van der Waals surface area contributed by atoms with Gasteiger partial charge in [0.1, 0.15) is 5.60 Å². The van der Waals surface area contributed by atoms with Crippen molar-refractivity contribution in [3.63, 3.8) is 0 Å². The van der Waals surface area contributed by atoms with E-state index in [1.165, 1.54) is 0 Å². The number of carbonyl (C=O) groups is 1. The molecule has 0 aromatic heterocycles. The first kappa shape index (κ1) is 15.3. The maximum absolute atomic E-state index is 12.0. The smallest absolute Gasteiger partial charge is 0.410 e. The summed E-state index contributed by atoms with van der Waals surface area (Å²) in [6, 6.07) is 0. The Bertz CT molecular complexity index is 387. The molecule has 1 atom stereocenters. The van der Waals surface area contributed by atoms with Crippen molar-refractivity contribution in [2.24, 2.45) is 5.92 Å². The number of amides is 1. The molecule has 7 heteroatoms. The molecule has 0 aromatic carbocycles. The minimum Gasteiger partial charge on any atom is -0.444 e. The van der Waals surface area contributed by atoms with Gasteiger partial charge in [0.2, 0.25) is 6.35 Å². The molecule has 114 valence electrons. The maximum atomic E-state index is 12.0. The number of likely N-dealkylation sites (tertiary alicyclic amines) is 1. The molecule has 2 aliphatic heterocycles. The molecule has 20 heavy (non-hydrogen) atoms. The van der Waals surface area contributed by atoms with Crippen LogP contribution in [0.15, 0.2) is 11.9 Å². The quantitative estimate of drug-likeness (QED) is 0.536. The van der Waals surface area contributed by atoms with Crippen molar-refractivity contribution in [3.05, 3.63) is 11.9 Å². The van der Waals surface area contributed by atoms with Crippen molar-refractivity contribution in [2.45, 2.75) is 45.6 Å². The van der Waals surface area contributed by atoms with E-state index in [9.17, 15) is 4.79 Å². The Morgan fingerprint density at radius 3 is 2.55 bits per heavy atom. The minimum atomic E-state index is -0.440. The average Bonchev–Trinajstić information content (AvgIpc) is 2.85. The summed E-state index contributed by atoms with van der Waals surface area (Å²) in [5.74, 6) is 0.412. The van der Waals surface area contributed by atoms with Gasteiger partial charge < -0.3 is 20.3 Å². The SMILES string of the molecule is CC(C)(C)OC(=O)N1CCC(C2=CNC(OS)N2)CC1. The van der Waals surface area contributed by atoms with Gasteiger partial charge in [0.25, 0.3) is 0 Å². The number of nitrogens with zero attached hydrogens (tertiary/aromatic N) is 1. The van der Waals surface area contributed by atoms with E-state index in [1.54, 1.807) is 4.90 Å². The van der Waals surface area contributed by atoms with Crippen LogP contribution in [-0.4, -0.2) is 36.0 Å². The van der Waals surface area contributed by atoms with Gasteiger partial charge in [-0.2, -0.15) is 0 Å². The van der Waals surface area contributed by atoms with Crippen molar-refractivity contribution < 1.29 is 13.7 Å². The van der Waals surface area contributed by atoms with Gasteiger partial charge in [-0.25, -0.2) is 4.79 Å². The Kier molecular flexibility index (Phi) is 4.70. The lowest BCUT2D eigenvalue weighted by molar-refractivity contribution is 0.0191. The van der Waals surface area contributed by atoms with E-state index in [0.717, 1.165) is 18.5 Å². The molecule has 1 fully saturated rings. The van der Waals surface area contributed by atoms with Gasteiger partial charge in [-0.3, -0.25) is 4.18 Å². The Morgan fingerprint density at radius 2 is 2.05 bits per heavy atom. The van der Waals surface area contributed by atoms with E-state index in [0.29, 0.717) is 19.0 Å². The Labute approximate surface area is 125 Å². The molecular weight excluding hydrogens is 278 g/mol. The van der Waals surface area contributed by atoms with Gasteiger partial charge >= 0.3 is 6.09 Å². The topological polar surface area (TPSA) is 62.8 Å². The number of thiol groups is 1. The van der Waals surface area contributed by atoms with E-state index < -0.39 is 5.60 Å². The highest BCUT2D eigenvalue weighted by Crippen LogP contribution is 2.25. The van der Waals surface area contributed by atoms with E-state index in [4.69, 9.17) is 8.92 Å².